The average molecular weight is 226 g/mol. The summed E-state index contributed by atoms with van der Waals surface area (Å²) >= 11 is 1.58. The zero-order valence-corrected chi connectivity index (χ0v) is 9.93. The predicted molar refractivity (Wildman–Crippen MR) is 62.2 cm³/mol. The number of aromatic nitrogens is 1. The van der Waals surface area contributed by atoms with Gasteiger partial charge in [-0.3, -0.25) is 0 Å². The Kier molecular flexibility index (Phi) is 3.59. The molecular formula is C11H18N2OS. The molecule has 0 amide bonds. The monoisotopic (exact) mass is 226 g/mol. The van der Waals surface area contributed by atoms with Gasteiger partial charge < -0.3 is 10.5 Å². The van der Waals surface area contributed by atoms with Crippen molar-refractivity contribution in [1.29, 1.82) is 0 Å². The second-order valence-corrected chi connectivity index (χ2v) is 5.07. The molecule has 0 spiro atoms. The van der Waals surface area contributed by atoms with Crippen LogP contribution in [0.4, 0.5) is 0 Å². The van der Waals surface area contributed by atoms with E-state index in [2.05, 4.69) is 4.98 Å². The fourth-order valence-electron chi connectivity index (χ4n) is 2.22. The number of hydrogen-bond acceptors (Lipinski definition) is 4. The van der Waals surface area contributed by atoms with Gasteiger partial charge in [0.1, 0.15) is 0 Å². The third-order valence-electron chi connectivity index (χ3n) is 3.14. The van der Waals surface area contributed by atoms with Crippen molar-refractivity contribution in [1.82, 2.24) is 4.98 Å². The summed E-state index contributed by atoms with van der Waals surface area (Å²) in [6.45, 7) is 3.57. The maximum Gasteiger partial charge on any atom is 0.273 e. The molecule has 1 aromatic rings. The van der Waals surface area contributed by atoms with E-state index in [9.17, 15) is 0 Å². The largest absolute Gasteiger partial charge is 0.470 e. The van der Waals surface area contributed by atoms with Crippen molar-refractivity contribution in [3.8, 4) is 5.19 Å². The topological polar surface area (TPSA) is 48.1 Å². The number of ether oxygens (including phenoxy) is 1. The summed E-state index contributed by atoms with van der Waals surface area (Å²) in [4.78, 5) is 4.29. The first-order chi connectivity index (χ1) is 7.29. The van der Waals surface area contributed by atoms with Crippen molar-refractivity contribution in [2.45, 2.75) is 26.2 Å². The molecule has 0 aliphatic heterocycles. The van der Waals surface area contributed by atoms with Crippen LogP contribution in [-0.2, 0) is 0 Å². The highest BCUT2D eigenvalue weighted by Crippen LogP contribution is 2.31. The third kappa shape index (κ3) is 2.69. The number of rotatable bonds is 4. The first kappa shape index (κ1) is 10.9. The fourth-order valence-corrected chi connectivity index (χ4v) is 2.88. The Bertz CT molecular complexity index is 313. The van der Waals surface area contributed by atoms with Crippen LogP contribution in [0.3, 0.4) is 0 Å². The Balaban J connectivity index is 1.82. The summed E-state index contributed by atoms with van der Waals surface area (Å²) in [7, 11) is 0. The zero-order valence-electron chi connectivity index (χ0n) is 9.11. The van der Waals surface area contributed by atoms with Crippen molar-refractivity contribution >= 4 is 11.3 Å². The zero-order chi connectivity index (χ0) is 10.7. The van der Waals surface area contributed by atoms with Crippen LogP contribution >= 0.6 is 11.3 Å². The van der Waals surface area contributed by atoms with Gasteiger partial charge in [0.2, 0.25) is 0 Å². The summed E-state index contributed by atoms with van der Waals surface area (Å²) in [6, 6.07) is 0. The summed E-state index contributed by atoms with van der Waals surface area (Å²) < 4.78 is 5.69. The van der Waals surface area contributed by atoms with E-state index in [1.807, 2.05) is 12.3 Å². The minimum atomic E-state index is 0.638. The average Bonchev–Trinajstić information content (AvgIpc) is 2.83. The lowest BCUT2D eigenvalue weighted by atomic mass is 9.97. The number of nitrogens with two attached hydrogens (primary N) is 1. The van der Waals surface area contributed by atoms with Gasteiger partial charge in [0.05, 0.1) is 12.3 Å². The minimum absolute atomic E-state index is 0.638. The second kappa shape index (κ2) is 4.94. The maximum atomic E-state index is 5.73. The van der Waals surface area contributed by atoms with Crippen molar-refractivity contribution in [2.75, 3.05) is 13.2 Å². The maximum absolute atomic E-state index is 5.73. The first-order valence-corrected chi connectivity index (χ1v) is 6.42. The lowest BCUT2D eigenvalue weighted by molar-refractivity contribution is 0.216. The summed E-state index contributed by atoms with van der Waals surface area (Å²) in [5.74, 6) is 1.30. The smallest absolute Gasteiger partial charge is 0.273 e. The van der Waals surface area contributed by atoms with Crippen LogP contribution in [0.2, 0.25) is 0 Å². The van der Waals surface area contributed by atoms with E-state index in [1.54, 1.807) is 11.3 Å². The molecule has 2 atom stereocenters. The molecule has 84 valence electrons. The van der Waals surface area contributed by atoms with E-state index in [1.165, 1.54) is 19.3 Å². The van der Waals surface area contributed by atoms with Gasteiger partial charge in [-0.05, 0) is 38.1 Å². The van der Waals surface area contributed by atoms with Gasteiger partial charge in [-0.2, -0.15) is 0 Å². The lowest BCUT2D eigenvalue weighted by Gasteiger charge is -2.16. The Morgan fingerprint density at radius 2 is 2.33 bits per heavy atom. The van der Waals surface area contributed by atoms with E-state index in [4.69, 9.17) is 10.5 Å². The number of thiazole rings is 1. The van der Waals surface area contributed by atoms with Crippen molar-refractivity contribution in [2.24, 2.45) is 17.6 Å². The molecule has 0 aromatic carbocycles. The van der Waals surface area contributed by atoms with Crippen LogP contribution in [0.25, 0.3) is 0 Å². The standard InChI is InChI=1S/C11H18N2OS/c1-8-7-15-11(13-8)14-6-10-4-2-3-9(10)5-12/h7,9-10H,2-6,12H2,1H3. The molecule has 2 unspecified atom stereocenters. The Hall–Kier alpha value is -0.610. The molecule has 0 bridgehead atoms. The molecule has 1 aliphatic rings. The molecule has 1 heterocycles. The van der Waals surface area contributed by atoms with E-state index in [0.29, 0.717) is 11.8 Å². The molecule has 0 saturated heterocycles. The molecule has 1 aliphatic carbocycles. The van der Waals surface area contributed by atoms with Gasteiger partial charge in [0.25, 0.3) is 5.19 Å². The van der Waals surface area contributed by atoms with Crippen molar-refractivity contribution in [3.63, 3.8) is 0 Å². The molecule has 2 N–H and O–H groups in total. The Morgan fingerprint density at radius 3 is 3.00 bits per heavy atom. The van der Waals surface area contributed by atoms with Gasteiger partial charge in [-0.15, -0.1) is 0 Å². The molecule has 0 radical (unpaired) electrons. The Morgan fingerprint density at radius 1 is 1.53 bits per heavy atom. The van der Waals surface area contributed by atoms with Crippen molar-refractivity contribution < 1.29 is 4.74 Å². The molecule has 3 nitrogen and oxygen atoms in total. The van der Waals surface area contributed by atoms with Crippen LogP contribution < -0.4 is 10.5 Å². The summed E-state index contributed by atoms with van der Waals surface area (Å²) in [5, 5.41) is 2.82. The van der Waals surface area contributed by atoms with Gasteiger partial charge >= 0.3 is 0 Å². The second-order valence-electron chi connectivity index (χ2n) is 4.25. The van der Waals surface area contributed by atoms with Crippen LogP contribution in [-0.4, -0.2) is 18.1 Å². The molecule has 1 fully saturated rings. The molecule has 2 rings (SSSR count). The highest BCUT2D eigenvalue weighted by molar-refractivity contribution is 7.11. The molecule has 1 aromatic heterocycles. The fraction of sp³-hybridized carbons (Fsp3) is 0.727. The Labute approximate surface area is 94.7 Å². The lowest BCUT2D eigenvalue weighted by Crippen LogP contribution is -2.23. The first-order valence-electron chi connectivity index (χ1n) is 5.54. The van der Waals surface area contributed by atoms with Crippen molar-refractivity contribution in [3.05, 3.63) is 11.1 Å². The van der Waals surface area contributed by atoms with E-state index >= 15 is 0 Å². The van der Waals surface area contributed by atoms with Gasteiger partial charge in [-0.1, -0.05) is 17.8 Å². The molecule has 15 heavy (non-hydrogen) atoms. The van der Waals surface area contributed by atoms with Gasteiger partial charge in [0.15, 0.2) is 0 Å². The molecule has 1 saturated carbocycles. The SMILES string of the molecule is Cc1csc(OCC2CCCC2CN)n1. The third-order valence-corrected chi connectivity index (χ3v) is 4.01. The number of aryl methyl sites for hydroxylation is 1. The highest BCUT2D eigenvalue weighted by atomic mass is 32.1. The van der Waals surface area contributed by atoms with Gasteiger partial charge in [-0.25, -0.2) is 4.98 Å². The van der Waals surface area contributed by atoms with E-state index in [-0.39, 0.29) is 0 Å². The molecule has 4 heteroatoms. The predicted octanol–water partition coefficient (Wildman–Crippen LogP) is 2.21. The number of hydrogen-bond donors (Lipinski definition) is 1. The molecular weight excluding hydrogens is 208 g/mol. The minimum Gasteiger partial charge on any atom is -0.470 e. The van der Waals surface area contributed by atoms with Crippen LogP contribution in [0.15, 0.2) is 5.38 Å². The van der Waals surface area contributed by atoms with Crippen LogP contribution in [0.1, 0.15) is 25.0 Å². The van der Waals surface area contributed by atoms with E-state index in [0.717, 1.165) is 24.0 Å². The normalized spacial score (nSPS) is 25.7. The van der Waals surface area contributed by atoms with E-state index < -0.39 is 0 Å². The summed E-state index contributed by atoms with van der Waals surface area (Å²) in [5.41, 5.74) is 6.77. The quantitative estimate of drug-likeness (QED) is 0.856. The highest BCUT2D eigenvalue weighted by Gasteiger charge is 2.26. The van der Waals surface area contributed by atoms with Gasteiger partial charge in [0, 0.05) is 5.38 Å². The van der Waals surface area contributed by atoms with Crippen LogP contribution in [0, 0.1) is 18.8 Å². The summed E-state index contributed by atoms with van der Waals surface area (Å²) in [6.07, 6.45) is 3.82. The number of nitrogens with zero attached hydrogens (tertiary/aromatic N) is 1. The van der Waals surface area contributed by atoms with Crippen LogP contribution in [0.5, 0.6) is 5.19 Å².